The standard InChI is InChI=1S/C26H29Cl2N3O/c1-5-21-24(19-12-11-17(27)14-20(19)28)29-22(6-2)26(30-21)31-25-18-10-8-7-9-16(18)13-23(25)32-15(3)4/h7-12,14-15,23,25H,5-6,13H2,1-4H3,(H,30,31)/t23-,25?/m0/s1. The van der Waals surface area contributed by atoms with Crippen LogP contribution < -0.4 is 5.32 Å². The highest BCUT2D eigenvalue weighted by Gasteiger charge is 2.34. The van der Waals surface area contributed by atoms with E-state index in [1.165, 1.54) is 11.1 Å². The monoisotopic (exact) mass is 469 g/mol. The highest BCUT2D eigenvalue weighted by atomic mass is 35.5. The molecule has 3 aromatic rings. The van der Waals surface area contributed by atoms with E-state index in [2.05, 4.69) is 57.3 Å². The minimum Gasteiger partial charge on any atom is -0.373 e. The van der Waals surface area contributed by atoms with Crippen LogP contribution in [0.5, 0.6) is 0 Å². The van der Waals surface area contributed by atoms with Gasteiger partial charge in [0.2, 0.25) is 0 Å². The Morgan fingerprint density at radius 2 is 1.78 bits per heavy atom. The number of nitrogens with zero attached hydrogens (tertiary/aromatic N) is 2. The summed E-state index contributed by atoms with van der Waals surface area (Å²) < 4.78 is 6.29. The topological polar surface area (TPSA) is 47.0 Å². The van der Waals surface area contributed by atoms with E-state index in [4.69, 9.17) is 37.9 Å². The maximum absolute atomic E-state index is 6.51. The first kappa shape index (κ1) is 23.0. The molecule has 0 bridgehead atoms. The predicted octanol–water partition coefficient (Wildman–Crippen LogP) is 7.08. The average molecular weight is 470 g/mol. The first-order chi connectivity index (χ1) is 15.4. The van der Waals surface area contributed by atoms with Gasteiger partial charge in [0.25, 0.3) is 0 Å². The van der Waals surface area contributed by atoms with E-state index in [1.807, 2.05) is 12.1 Å². The van der Waals surface area contributed by atoms with Crippen LogP contribution in [0.2, 0.25) is 10.0 Å². The summed E-state index contributed by atoms with van der Waals surface area (Å²) in [6.07, 6.45) is 2.58. The van der Waals surface area contributed by atoms with E-state index in [0.29, 0.717) is 10.0 Å². The molecule has 1 aromatic heterocycles. The lowest BCUT2D eigenvalue weighted by Gasteiger charge is -2.26. The summed E-state index contributed by atoms with van der Waals surface area (Å²) in [6, 6.07) is 14.1. The molecule has 168 valence electrons. The van der Waals surface area contributed by atoms with Crippen LogP contribution in [0.4, 0.5) is 5.82 Å². The number of aromatic nitrogens is 2. The van der Waals surface area contributed by atoms with Crippen molar-refractivity contribution in [2.24, 2.45) is 0 Å². The zero-order chi connectivity index (χ0) is 22.8. The Hall–Kier alpha value is -2.14. The zero-order valence-corrected chi connectivity index (χ0v) is 20.5. The molecule has 4 nitrogen and oxygen atoms in total. The van der Waals surface area contributed by atoms with E-state index < -0.39 is 0 Å². The number of anilines is 1. The Morgan fingerprint density at radius 1 is 1.03 bits per heavy atom. The smallest absolute Gasteiger partial charge is 0.148 e. The van der Waals surface area contributed by atoms with Crippen molar-refractivity contribution < 1.29 is 4.74 Å². The molecule has 2 atom stereocenters. The molecule has 0 aliphatic heterocycles. The van der Waals surface area contributed by atoms with Gasteiger partial charge in [0.05, 0.1) is 40.4 Å². The van der Waals surface area contributed by atoms with Crippen LogP contribution in [0.25, 0.3) is 11.3 Å². The third kappa shape index (κ3) is 4.63. The van der Waals surface area contributed by atoms with Crippen LogP contribution in [-0.4, -0.2) is 22.2 Å². The van der Waals surface area contributed by atoms with E-state index in [9.17, 15) is 0 Å². The van der Waals surface area contributed by atoms with Gasteiger partial charge < -0.3 is 10.1 Å². The second-order valence-electron chi connectivity index (χ2n) is 8.39. The predicted molar refractivity (Wildman–Crippen MR) is 133 cm³/mol. The molecule has 0 amide bonds. The van der Waals surface area contributed by atoms with E-state index in [-0.39, 0.29) is 18.2 Å². The molecule has 0 radical (unpaired) electrons. The number of aryl methyl sites for hydroxylation is 2. The molecule has 1 aliphatic carbocycles. The quantitative estimate of drug-likeness (QED) is 0.401. The fourth-order valence-electron chi connectivity index (χ4n) is 4.36. The second kappa shape index (κ2) is 9.78. The SMILES string of the molecule is CCc1nc(-c2ccc(Cl)cc2Cl)c(CC)nc1NC1c2ccccc2C[C@@H]1OC(C)C. The van der Waals surface area contributed by atoms with E-state index >= 15 is 0 Å². The Kier molecular flexibility index (Phi) is 7.04. The number of hydrogen-bond donors (Lipinski definition) is 1. The lowest BCUT2D eigenvalue weighted by atomic mass is 10.1. The number of fused-ring (bicyclic) bond motifs is 1. The molecule has 0 spiro atoms. The number of ether oxygens (including phenoxy) is 1. The van der Waals surface area contributed by atoms with Gasteiger partial charge >= 0.3 is 0 Å². The van der Waals surface area contributed by atoms with Gasteiger partial charge in [-0.25, -0.2) is 9.97 Å². The molecular formula is C26H29Cl2N3O. The fourth-order valence-corrected chi connectivity index (χ4v) is 4.86. The van der Waals surface area contributed by atoms with Crippen molar-refractivity contribution in [3.63, 3.8) is 0 Å². The maximum Gasteiger partial charge on any atom is 0.148 e. The van der Waals surface area contributed by atoms with Crippen LogP contribution in [0.15, 0.2) is 42.5 Å². The first-order valence-electron chi connectivity index (χ1n) is 11.3. The van der Waals surface area contributed by atoms with Crippen molar-refractivity contribution in [3.05, 3.63) is 75.0 Å². The summed E-state index contributed by atoms with van der Waals surface area (Å²) in [6.45, 7) is 8.34. The number of rotatable bonds is 7. The van der Waals surface area contributed by atoms with Gasteiger partial charge in [0, 0.05) is 17.0 Å². The molecule has 1 heterocycles. The molecule has 1 unspecified atom stereocenters. The summed E-state index contributed by atoms with van der Waals surface area (Å²) in [5.41, 5.74) is 6.08. The van der Waals surface area contributed by atoms with Crippen molar-refractivity contribution in [2.75, 3.05) is 5.32 Å². The average Bonchev–Trinajstić information content (AvgIpc) is 3.10. The summed E-state index contributed by atoms with van der Waals surface area (Å²) in [5, 5.41) is 4.89. The molecule has 32 heavy (non-hydrogen) atoms. The molecule has 0 saturated carbocycles. The molecule has 6 heteroatoms. The minimum atomic E-state index is 0.0304. The van der Waals surface area contributed by atoms with E-state index in [1.54, 1.807) is 6.07 Å². The van der Waals surface area contributed by atoms with E-state index in [0.717, 1.165) is 47.7 Å². The Balaban J connectivity index is 1.75. The fraction of sp³-hybridized carbons (Fsp3) is 0.385. The zero-order valence-electron chi connectivity index (χ0n) is 19.0. The molecule has 2 aromatic carbocycles. The molecule has 1 aliphatic rings. The maximum atomic E-state index is 6.51. The molecule has 0 saturated heterocycles. The van der Waals surface area contributed by atoms with Gasteiger partial charge in [-0.3, -0.25) is 0 Å². The molecular weight excluding hydrogens is 441 g/mol. The highest BCUT2D eigenvalue weighted by Crippen LogP contribution is 2.38. The van der Waals surface area contributed by atoms with Crippen molar-refractivity contribution in [1.82, 2.24) is 9.97 Å². The van der Waals surface area contributed by atoms with Crippen molar-refractivity contribution in [2.45, 2.75) is 65.2 Å². The lowest BCUT2D eigenvalue weighted by Crippen LogP contribution is -2.28. The Morgan fingerprint density at radius 3 is 2.47 bits per heavy atom. The van der Waals surface area contributed by atoms with Gasteiger partial charge in [-0.05, 0) is 56.0 Å². The summed E-state index contributed by atoms with van der Waals surface area (Å²) >= 11 is 12.6. The Labute approximate surface area is 200 Å². The van der Waals surface area contributed by atoms with Gasteiger partial charge in [0.1, 0.15) is 5.82 Å². The van der Waals surface area contributed by atoms with Crippen LogP contribution in [0.1, 0.15) is 56.3 Å². The molecule has 1 N–H and O–H groups in total. The first-order valence-corrected chi connectivity index (χ1v) is 12.0. The summed E-state index contributed by atoms with van der Waals surface area (Å²) in [4.78, 5) is 10.0. The van der Waals surface area contributed by atoms with Crippen molar-refractivity contribution >= 4 is 29.0 Å². The van der Waals surface area contributed by atoms with Crippen molar-refractivity contribution in [3.8, 4) is 11.3 Å². The van der Waals surface area contributed by atoms with Crippen LogP contribution in [0, 0.1) is 0 Å². The van der Waals surface area contributed by atoms with Crippen LogP contribution in [-0.2, 0) is 24.0 Å². The molecule has 0 fully saturated rings. The minimum absolute atomic E-state index is 0.0304. The van der Waals surface area contributed by atoms with Crippen LogP contribution >= 0.6 is 23.2 Å². The number of halogens is 2. The van der Waals surface area contributed by atoms with Gasteiger partial charge in [-0.15, -0.1) is 0 Å². The van der Waals surface area contributed by atoms with Gasteiger partial charge in [-0.1, -0.05) is 61.3 Å². The normalized spacial score (nSPS) is 17.6. The third-order valence-electron chi connectivity index (χ3n) is 5.82. The number of hydrogen-bond acceptors (Lipinski definition) is 4. The lowest BCUT2D eigenvalue weighted by molar-refractivity contribution is 0.00371. The summed E-state index contributed by atoms with van der Waals surface area (Å²) in [5.74, 6) is 0.817. The van der Waals surface area contributed by atoms with Gasteiger partial charge in [-0.2, -0.15) is 0 Å². The highest BCUT2D eigenvalue weighted by molar-refractivity contribution is 6.36. The molecule has 4 rings (SSSR count). The number of nitrogens with one attached hydrogen (secondary N) is 1. The third-order valence-corrected chi connectivity index (χ3v) is 6.37. The largest absolute Gasteiger partial charge is 0.373 e. The summed E-state index contributed by atoms with van der Waals surface area (Å²) in [7, 11) is 0. The number of benzene rings is 2. The van der Waals surface area contributed by atoms with Crippen LogP contribution in [0.3, 0.4) is 0 Å². The van der Waals surface area contributed by atoms with Gasteiger partial charge in [0.15, 0.2) is 0 Å². The second-order valence-corrected chi connectivity index (χ2v) is 9.24. The van der Waals surface area contributed by atoms with Crippen molar-refractivity contribution in [1.29, 1.82) is 0 Å². The Bertz CT molecular complexity index is 1120.